The standard InChI is InChI=1S/C15H20BrClO3/c1-9-6-11(7-10(2)14(9)17)20-13-8-12(16)15(13)19-5-4-18-3/h6-7,12-13,15H,4-5,8H2,1-3H3. The van der Waals surface area contributed by atoms with Gasteiger partial charge in [0, 0.05) is 23.4 Å². The van der Waals surface area contributed by atoms with Crippen molar-refractivity contribution >= 4 is 27.5 Å². The van der Waals surface area contributed by atoms with Crippen LogP contribution in [0.25, 0.3) is 0 Å². The van der Waals surface area contributed by atoms with E-state index in [1.807, 2.05) is 26.0 Å². The highest BCUT2D eigenvalue weighted by atomic mass is 79.9. The van der Waals surface area contributed by atoms with Gasteiger partial charge in [0.1, 0.15) is 18.0 Å². The predicted octanol–water partition coefficient (Wildman–Crippen LogP) is 3.90. The van der Waals surface area contributed by atoms with Gasteiger partial charge in [-0.05, 0) is 37.1 Å². The maximum Gasteiger partial charge on any atom is 0.127 e. The number of ether oxygens (including phenoxy) is 3. The molecule has 1 aromatic carbocycles. The van der Waals surface area contributed by atoms with E-state index in [1.54, 1.807) is 7.11 Å². The summed E-state index contributed by atoms with van der Waals surface area (Å²) in [6, 6.07) is 3.95. The Hall–Kier alpha value is -0.290. The van der Waals surface area contributed by atoms with Gasteiger partial charge < -0.3 is 14.2 Å². The quantitative estimate of drug-likeness (QED) is 0.566. The van der Waals surface area contributed by atoms with Gasteiger partial charge >= 0.3 is 0 Å². The Bertz CT molecular complexity index is 443. The van der Waals surface area contributed by atoms with Crippen molar-refractivity contribution in [3.63, 3.8) is 0 Å². The number of hydrogen-bond acceptors (Lipinski definition) is 3. The van der Waals surface area contributed by atoms with E-state index in [2.05, 4.69) is 15.9 Å². The molecule has 2 rings (SSSR count). The zero-order chi connectivity index (χ0) is 14.7. The summed E-state index contributed by atoms with van der Waals surface area (Å²) in [5, 5.41) is 0.803. The molecule has 1 aliphatic carbocycles. The number of halogens is 2. The summed E-state index contributed by atoms with van der Waals surface area (Å²) in [6.07, 6.45) is 1.09. The van der Waals surface area contributed by atoms with Crippen LogP contribution < -0.4 is 4.74 Å². The number of hydrogen-bond donors (Lipinski definition) is 0. The zero-order valence-corrected chi connectivity index (χ0v) is 14.3. The van der Waals surface area contributed by atoms with Crippen molar-refractivity contribution in [1.29, 1.82) is 0 Å². The topological polar surface area (TPSA) is 27.7 Å². The van der Waals surface area contributed by atoms with Gasteiger partial charge in [0.15, 0.2) is 0 Å². The average molecular weight is 364 g/mol. The minimum Gasteiger partial charge on any atom is -0.488 e. The highest BCUT2D eigenvalue weighted by Gasteiger charge is 2.42. The van der Waals surface area contributed by atoms with Crippen LogP contribution in [0.1, 0.15) is 17.5 Å². The lowest BCUT2D eigenvalue weighted by atomic mass is 9.91. The molecule has 3 unspecified atom stereocenters. The first-order valence-corrected chi connectivity index (χ1v) is 8.00. The van der Waals surface area contributed by atoms with Gasteiger partial charge in [-0.2, -0.15) is 0 Å². The highest BCUT2D eigenvalue weighted by Crippen LogP contribution is 2.35. The Kier molecular flexibility index (Phi) is 5.73. The molecule has 0 aliphatic heterocycles. The molecule has 112 valence electrons. The maximum atomic E-state index is 6.17. The van der Waals surface area contributed by atoms with Crippen molar-refractivity contribution in [2.24, 2.45) is 0 Å². The van der Waals surface area contributed by atoms with Crippen LogP contribution in [-0.4, -0.2) is 37.4 Å². The Morgan fingerprint density at radius 1 is 1.25 bits per heavy atom. The summed E-state index contributed by atoms with van der Waals surface area (Å²) in [6.45, 7) is 5.16. The van der Waals surface area contributed by atoms with E-state index in [-0.39, 0.29) is 12.2 Å². The van der Waals surface area contributed by atoms with E-state index in [4.69, 9.17) is 25.8 Å². The van der Waals surface area contributed by atoms with Gasteiger partial charge in [0.25, 0.3) is 0 Å². The lowest BCUT2D eigenvalue weighted by Gasteiger charge is -2.41. The minimum atomic E-state index is 0.0708. The molecule has 0 amide bonds. The van der Waals surface area contributed by atoms with Crippen LogP contribution in [0.4, 0.5) is 0 Å². The molecule has 3 atom stereocenters. The first kappa shape index (κ1) is 16.1. The maximum absolute atomic E-state index is 6.17. The third-order valence-electron chi connectivity index (χ3n) is 3.48. The first-order chi connectivity index (χ1) is 9.52. The lowest BCUT2D eigenvalue weighted by Crippen LogP contribution is -2.52. The van der Waals surface area contributed by atoms with Crippen LogP contribution in [0.5, 0.6) is 5.75 Å². The molecule has 3 nitrogen and oxygen atoms in total. The molecule has 1 fully saturated rings. The van der Waals surface area contributed by atoms with Crippen LogP contribution in [0.2, 0.25) is 5.02 Å². The Morgan fingerprint density at radius 2 is 1.90 bits per heavy atom. The van der Waals surface area contributed by atoms with Gasteiger partial charge in [-0.15, -0.1) is 0 Å². The molecule has 1 aromatic rings. The Morgan fingerprint density at radius 3 is 2.45 bits per heavy atom. The molecule has 0 N–H and O–H groups in total. The SMILES string of the molecule is COCCOC1C(Br)CC1Oc1cc(C)c(Cl)c(C)c1. The van der Waals surface area contributed by atoms with Crippen LogP contribution in [-0.2, 0) is 9.47 Å². The number of alkyl halides is 1. The molecule has 0 aromatic heterocycles. The predicted molar refractivity (Wildman–Crippen MR) is 84.3 cm³/mol. The zero-order valence-electron chi connectivity index (χ0n) is 12.0. The molecule has 0 saturated heterocycles. The van der Waals surface area contributed by atoms with Crippen molar-refractivity contribution in [2.45, 2.75) is 37.3 Å². The molecule has 0 bridgehead atoms. The number of benzene rings is 1. The fourth-order valence-electron chi connectivity index (χ4n) is 2.27. The van der Waals surface area contributed by atoms with Gasteiger partial charge in [-0.1, -0.05) is 27.5 Å². The molecular weight excluding hydrogens is 344 g/mol. The average Bonchev–Trinajstić information content (AvgIpc) is 2.40. The molecule has 1 aliphatic rings. The van der Waals surface area contributed by atoms with Gasteiger partial charge in [-0.3, -0.25) is 0 Å². The van der Waals surface area contributed by atoms with Crippen molar-refractivity contribution in [2.75, 3.05) is 20.3 Å². The summed E-state index contributed by atoms with van der Waals surface area (Å²) in [4.78, 5) is 0.346. The van der Waals surface area contributed by atoms with Crippen LogP contribution in [0.3, 0.4) is 0 Å². The van der Waals surface area contributed by atoms with Gasteiger partial charge in [0.2, 0.25) is 0 Å². The van der Waals surface area contributed by atoms with Crippen molar-refractivity contribution < 1.29 is 14.2 Å². The Balaban J connectivity index is 1.96. The summed E-state index contributed by atoms with van der Waals surface area (Å²) in [7, 11) is 1.67. The van der Waals surface area contributed by atoms with Crippen LogP contribution >= 0.6 is 27.5 Å². The fraction of sp³-hybridized carbons (Fsp3) is 0.600. The number of rotatable bonds is 6. The number of aryl methyl sites for hydroxylation is 2. The lowest BCUT2D eigenvalue weighted by molar-refractivity contribution is -0.0865. The second-order valence-electron chi connectivity index (χ2n) is 5.11. The van der Waals surface area contributed by atoms with Crippen molar-refractivity contribution in [1.82, 2.24) is 0 Å². The second kappa shape index (κ2) is 7.12. The second-order valence-corrected chi connectivity index (χ2v) is 6.66. The summed E-state index contributed by atoms with van der Waals surface area (Å²) in [5.74, 6) is 0.856. The van der Waals surface area contributed by atoms with E-state index in [9.17, 15) is 0 Å². The highest BCUT2D eigenvalue weighted by molar-refractivity contribution is 9.09. The van der Waals surface area contributed by atoms with Crippen molar-refractivity contribution in [3.8, 4) is 5.75 Å². The summed E-state index contributed by atoms with van der Waals surface area (Å²) >= 11 is 9.77. The van der Waals surface area contributed by atoms with Gasteiger partial charge in [0.05, 0.1) is 13.2 Å². The van der Waals surface area contributed by atoms with E-state index >= 15 is 0 Å². The third kappa shape index (κ3) is 3.67. The largest absolute Gasteiger partial charge is 0.488 e. The van der Waals surface area contributed by atoms with E-state index < -0.39 is 0 Å². The smallest absolute Gasteiger partial charge is 0.127 e. The summed E-state index contributed by atoms with van der Waals surface area (Å²) < 4.78 is 16.8. The molecule has 1 saturated carbocycles. The van der Waals surface area contributed by atoms with Crippen LogP contribution in [0, 0.1) is 13.8 Å². The van der Waals surface area contributed by atoms with Crippen molar-refractivity contribution in [3.05, 3.63) is 28.3 Å². The van der Waals surface area contributed by atoms with Crippen LogP contribution in [0.15, 0.2) is 12.1 Å². The fourth-order valence-corrected chi connectivity index (χ4v) is 3.24. The van der Waals surface area contributed by atoms with Gasteiger partial charge in [-0.25, -0.2) is 0 Å². The molecular formula is C15H20BrClO3. The molecule has 20 heavy (non-hydrogen) atoms. The monoisotopic (exact) mass is 362 g/mol. The third-order valence-corrected chi connectivity index (χ3v) is 4.97. The van der Waals surface area contributed by atoms with E-state index in [1.165, 1.54) is 0 Å². The minimum absolute atomic E-state index is 0.0708. The van der Waals surface area contributed by atoms with E-state index in [0.717, 1.165) is 28.3 Å². The number of methoxy groups -OCH3 is 1. The molecule has 0 spiro atoms. The molecule has 0 radical (unpaired) electrons. The van der Waals surface area contributed by atoms with E-state index in [0.29, 0.717) is 18.0 Å². The Labute approximate surface area is 133 Å². The molecule has 5 heteroatoms. The first-order valence-electron chi connectivity index (χ1n) is 6.71. The normalized spacial score (nSPS) is 25.4. The summed E-state index contributed by atoms with van der Waals surface area (Å²) in [5.41, 5.74) is 2.07. The molecule has 0 heterocycles.